The van der Waals surface area contributed by atoms with Crippen molar-refractivity contribution >= 4 is 0 Å². The second-order valence-corrected chi connectivity index (χ2v) is 2.94. The first kappa shape index (κ1) is 8.05. The number of hydrogen-bond acceptors (Lipinski definition) is 1. The first-order valence-corrected chi connectivity index (χ1v) is 4.23. The van der Waals surface area contributed by atoms with E-state index in [1.807, 2.05) is 29.0 Å². The fourth-order valence-electron chi connectivity index (χ4n) is 1.30. The summed E-state index contributed by atoms with van der Waals surface area (Å²) >= 11 is 0. The van der Waals surface area contributed by atoms with Crippen LogP contribution in [0.2, 0.25) is 0 Å². The van der Waals surface area contributed by atoms with E-state index in [1.165, 1.54) is 5.56 Å². The molecular weight excluding hydrogens is 160 g/mol. The SMILES string of the molecule is [CH2]C(c1ccccc1)n1ccnc1. The molecule has 0 amide bonds. The zero-order valence-corrected chi connectivity index (χ0v) is 7.30. The average molecular weight is 171 g/mol. The first-order chi connectivity index (χ1) is 6.38. The Hall–Kier alpha value is -1.57. The highest BCUT2D eigenvalue weighted by Gasteiger charge is 2.04. The van der Waals surface area contributed by atoms with Gasteiger partial charge in [0.25, 0.3) is 0 Å². The summed E-state index contributed by atoms with van der Waals surface area (Å²) < 4.78 is 1.98. The van der Waals surface area contributed by atoms with Gasteiger partial charge in [-0.05, 0) is 12.5 Å². The highest BCUT2D eigenvalue weighted by atomic mass is 15.0. The minimum atomic E-state index is 0.115. The molecule has 2 aromatic rings. The Morgan fingerprint density at radius 3 is 2.62 bits per heavy atom. The summed E-state index contributed by atoms with van der Waals surface area (Å²) in [5, 5.41) is 0. The monoisotopic (exact) mass is 171 g/mol. The fraction of sp³-hybridized carbons (Fsp3) is 0.0909. The van der Waals surface area contributed by atoms with Gasteiger partial charge in [-0.15, -0.1) is 0 Å². The topological polar surface area (TPSA) is 17.8 Å². The minimum absolute atomic E-state index is 0.115. The van der Waals surface area contributed by atoms with Gasteiger partial charge in [0.15, 0.2) is 0 Å². The largest absolute Gasteiger partial charge is 0.330 e. The molecule has 0 fully saturated rings. The first-order valence-electron chi connectivity index (χ1n) is 4.23. The highest BCUT2D eigenvalue weighted by Crippen LogP contribution is 2.15. The zero-order chi connectivity index (χ0) is 9.10. The summed E-state index contributed by atoms with van der Waals surface area (Å²) in [6.07, 6.45) is 5.47. The number of rotatable bonds is 2. The maximum absolute atomic E-state index is 4.07. The lowest BCUT2D eigenvalue weighted by Gasteiger charge is -2.12. The predicted octanol–water partition coefficient (Wildman–Crippen LogP) is 2.31. The summed E-state index contributed by atoms with van der Waals surface area (Å²) in [5.74, 6) is 0. The van der Waals surface area contributed by atoms with Crippen LogP contribution in [0.4, 0.5) is 0 Å². The van der Waals surface area contributed by atoms with Crippen molar-refractivity contribution in [1.82, 2.24) is 9.55 Å². The fourth-order valence-corrected chi connectivity index (χ4v) is 1.30. The van der Waals surface area contributed by atoms with Crippen molar-refractivity contribution in [2.24, 2.45) is 0 Å². The molecule has 2 nitrogen and oxygen atoms in total. The molecule has 0 aliphatic rings. The summed E-state index contributed by atoms with van der Waals surface area (Å²) in [6, 6.07) is 10.3. The Bertz CT molecular complexity index is 351. The number of benzene rings is 1. The predicted molar refractivity (Wildman–Crippen MR) is 52.2 cm³/mol. The van der Waals surface area contributed by atoms with Gasteiger partial charge in [0.05, 0.1) is 12.4 Å². The van der Waals surface area contributed by atoms with Gasteiger partial charge in [-0.2, -0.15) is 0 Å². The Kier molecular flexibility index (Phi) is 2.13. The van der Waals surface area contributed by atoms with Gasteiger partial charge in [-0.3, -0.25) is 0 Å². The standard InChI is InChI=1S/C11H11N2/c1-10(13-8-7-12-9-13)11-5-3-2-4-6-11/h2-10H,1H2. The molecule has 65 valence electrons. The molecule has 0 bridgehead atoms. The van der Waals surface area contributed by atoms with Gasteiger partial charge in [0.1, 0.15) is 0 Å². The van der Waals surface area contributed by atoms with E-state index in [9.17, 15) is 0 Å². The quantitative estimate of drug-likeness (QED) is 0.678. The van der Waals surface area contributed by atoms with Crippen LogP contribution < -0.4 is 0 Å². The van der Waals surface area contributed by atoms with Crippen LogP contribution in [0.5, 0.6) is 0 Å². The molecule has 0 N–H and O–H groups in total. The van der Waals surface area contributed by atoms with E-state index >= 15 is 0 Å². The molecule has 0 saturated heterocycles. The van der Waals surface area contributed by atoms with Crippen molar-refractivity contribution in [3.8, 4) is 0 Å². The third kappa shape index (κ3) is 1.61. The van der Waals surface area contributed by atoms with Crippen LogP contribution in [0.25, 0.3) is 0 Å². The van der Waals surface area contributed by atoms with Crippen LogP contribution in [-0.2, 0) is 0 Å². The van der Waals surface area contributed by atoms with Crippen LogP contribution in [0.3, 0.4) is 0 Å². The second-order valence-electron chi connectivity index (χ2n) is 2.94. The van der Waals surface area contributed by atoms with Gasteiger partial charge in [0, 0.05) is 12.4 Å². The van der Waals surface area contributed by atoms with Crippen molar-refractivity contribution in [2.45, 2.75) is 6.04 Å². The van der Waals surface area contributed by atoms with Crippen LogP contribution >= 0.6 is 0 Å². The van der Waals surface area contributed by atoms with E-state index < -0.39 is 0 Å². The molecule has 2 rings (SSSR count). The lowest BCUT2D eigenvalue weighted by Crippen LogP contribution is -2.03. The van der Waals surface area contributed by atoms with Crippen molar-refractivity contribution in [2.75, 3.05) is 0 Å². The van der Waals surface area contributed by atoms with E-state index in [0.29, 0.717) is 0 Å². The molecule has 0 aliphatic carbocycles. The summed E-state index contributed by atoms with van der Waals surface area (Å²) in [4.78, 5) is 3.99. The molecular formula is C11H11N2. The van der Waals surface area contributed by atoms with Crippen molar-refractivity contribution in [3.05, 3.63) is 61.5 Å². The van der Waals surface area contributed by atoms with Crippen molar-refractivity contribution in [1.29, 1.82) is 0 Å². The third-order valence-corrected chi connectivity index (χ3v) is 2.07. The molecule has 1 atom stereocenters. The Balaban J connectivity index is 2.29. The molecule has 1 aromatic heterocycles. The van der Waals surface area contributed by atoms with E-state index in [4.69, 9.17) is 0 Å². The molecule has 1 radical (unpaired) electrons. The zero-order valence-electron chi connectivity index (χ0n) is 7.30. The van der Waals surface area contributed by atoms with Crippen LogP contribution in [0, 0.1) is 6.92 Å². The normalized spacial score (nSPS) is 12.7. The maximum atomic E-state index is 4.07. The van der Waals surface area contributed by atoms with Crippen LogP contribution in [-0.4, -0.2) is 9.55 Å². The molecule has 1 heterocycles. The average Bonchev–Trinajstić information content (AvgIpc) is 2.71. The Morgan fingerprint density at radius 1 is 1.23 bits per heavy atom. The maximum Gasteiger partial charge on any atom is 0.0951 e. The van der Waals surface area contributed by atoms with Crippen LogP contribution in [0.1, 0.15) is 11.6 Å². The smallest absolute Gasteiger partial charge is 0.0951 e. The minimum Gasteiger partial charge on any atom is -0.330 e. The molecule has 13 heavy (non-hydrogen) atoms. The number of imidazole rings is 1. The Labute approximate surface area is 77.9 Å². The lowest BCUT2D eigenvalue weighted by atomic mass is 10.1. The summed E-state index contributed by atoms with van der Waals surface area (Å²) in [7, 11) is 0. The van der Waals surface area contributed by atoms with E-state index in [-0.39, 0.29) is 6.04 Å². The lowest BCUT2D eigenvalue weighted by molar-refractivity contribution is 0.695. The van der Waals surface area contributed by atoms with Crippen LogP contribution in [0.15, 0.2) is 49.1 Å². The van der Waals surface area contributed by atoms with Crippen molar-refractivity contribution in [3.63, 3.8) is 0 Å². The molecule has 1 aromatic carbocycles. The summed E-state index contributed by atoms with van der Waals surface area (Å²) in [5.41, 5.74) is 1.19. The molecule has 0 spiro atoms. The van der Waals surface area contributed by atoms with Gasteiger partial charge in [-0.25, -0.2) is 4.98 Å². The molecule has 1 unspecified atom stereocenters. The van der Waals surface area contributed by atoms with E-state index in [1.54, 1.807) is 12.5 Å². The molecule has 0 saturated carbocycles. The van der Waals surface area contributed by atoms with E-state index in [0.717, 1.165) is 0 Å². The second kappa shape index (κ2) is 3.44. The molecule has 2 heteroatoms. The third-order valence-electron chi connectivity index (χ3n) is 2.07. The number of aromatic nitrogens is 2. The van der Waals surface area contributed by atoms with E-state index in [2.05, 4.69) is 24.0 Å². The molecule has 0 aliphatic heterocycles. The Morgan fingerprint density at radius 2 is 2.00 bits per heavy atom. The highest BCUT2D eigenvalue weighted by molar-refractivity contribution is 5.20. The van der Waals surface area contributed by atoms with Gasteiger partial charge in [-0.1, -0.05) is 30.3 Å². The number of nitrogens with zero attached hydrogens (tertiary/aromatic N) is 2. The number of hydrogen-bond donors (Lipinski definition) is 0. The van der Waals surface area contributed by atoms with Crippen molar-refractivity contribution < 1.29 is 0 Å². The van der Waals surface area contributed by atoms with Gasteiger partial charge < -0.3 is 4.57 Å². The van der Waals surface area contributed by atoms with Gasteiger partial charge >= 0.3 is 0 Å². The van der Waals surface area contributed by atoms with Gasteiger partial charge in [0.2, 0.25) is 0 Å². The summed E-state index contributed by atoms with van der Waals surface area (Å²) in [6.45, 7) is 4.07.